The molecule has 0 fully saturated rings. The molecule has 0 spiro atoms. The Bertz CT molecular complexity index is 1110. The lowest BCUT2D eigenvalue weighted by Crippen LogP contribution is -2.49. The van der Waals surface area contributed by atoms with Crippen LogP contribution in [0.1, 0.15) is 97.3 Å². The number of para-hydroxylation sites is 1. The molecule has 0 heterocycles. The number of rotatable bonds is 22. The van der Waals surface area contributed by atoms with Crippen molar-refractivity contribution < 1.29 is 38.5 Å². The minimum atomic E-state index is -1.09. The molecule has 4 amide bonds. The zero-order valence-electron chi connectivity index (χ0n) is 29.7. The van der Waals surface area contributed by atoms with Crippen LogP contribution in [0, 0.1) is 23.7 Å². The smallest absolute Gasteiger partial charge is 0.407 e. The first kappa shape index (κ1) is 41.6. The van der Waals surface area contributed by atoms with E-state index in [1.807, 2.05) is 33.8 Å². The molecule has 1 aromatic rings. The van der Waals surface area contributed by atoms with Crippen molar-refractivity contribution in [1.82, 2.24) is 16.0 Å². The van der Waals surface area contributed by atoms with E-state index in [-0.39, 0.29) is 55.5 Å². The van der Waals surface area contributed by atoms with Crippen molar-refractivity contribution in [3.05, 3.63) is 29.8 Å². The Balaban J connectivity index is 3.07. The molecule has 1 rings (SSSR count). The monoisotopic (exact) mass is 664 g/mol. The summed E-state index contributed by atoms with van der Waals surface area (Å²) in [4.78, 5) is 50.3. The minimum Gasteiger partial charge on any atom is -0.493 e. The van der Waals surface area contributed by atoms with Gasteiger partial charge in [0.25, 0.3) is 5.91 Å². The summed E-state index contributed by atoms with van der Waals surface area (Å²) in [6, 6.07) is 6.31. The predicted octanol–water partition coefficient (Wildman–Crippen LogP) is 4.18. The third kappa shape index (κ3) is 17.4. The summed E-state index contributed by atoms with van der Waals surface area (Å²) >= 11 is 0. The second kappa shape index (κ2) is 21.5. The Hall–Kier alpha value is -3.38. The molecule has 0 radical (unpaired) electrons. The van der Waals surface area contributed by atoms with Crippen molar-refractivity contribution in [2.75, 3.05) is 33.4 Å². The first-order valence-electron chi connectivity index (χ1n) is 16.8. The molecule has 12 heteroatoms. The van der Waals surface area contributed by atoms with Crippen LogP contribution in [-0.4, -0.2) is 80.1 Å². The number of nitrogens with one attached hydrogen (secondary N) is 3. The van der Waals surface area contributed by atoms with Gasteiger partial charge in [0.2, 0.25) is 11.8 Å². The average molecular weight is 665 g/mol. The van der Waals surface area contributed by atoms with Gasteiger partial charge in [0, 0.05) is 39.1 Å². The van der Waals surface area contributed by atoms with Crippen LogP contribution in [0.5, 0.6) is 5.75 Å². The third-order valence-corrected chi connectivity index (χ3v) is 7.86. The van der Waals surface area contributed by atoms with E-state index >= 15 is 0 Å². The van der Waals surface area contributed by atoms with Crippen LogP contribution in [0.4, 0.5) is 4.79 Å². The molecule has 1 aromatic carbocycles. The highest BCUT2D eigenvalue weighted by molar-refractivity contribution is 5.96. The summed E-state index contributed by atoms with van der Waals surface area (Å²) in [6.07, 6.45) is 0.874. The van der Waals surface area contributed by atoms with E-state index in [1.54, 1.807) is 46.1 Å². The number of hydrogen-bond acceptors (Lipinski definition) is 8. The molecule has 0 aliphatic rings. The lowest BCUT2D eigenvalue weighted by molar-refractivity contribution is -0.128. The molecule has 0 aliphatic heterocycles. The summed E-state index contributed by atoms with van der Waals surface area (Å²) in [5.74, 6) is -1.19. The van der Waals surface area contributed by atoms with Crippen molar-refractivity contribution in [3.8, 4) is 5.75 Å². The second-order valence-electron chi connectivity index (χ2n) is 13.8. The van der Waals surface area contributed by atoms with E-state index < -0.39 is 35.7 Å². The highest BCUT2D eigenvalue weighted by Gasteiger charge is 2.33. The molecule has 6 N–H and O–H groups in total. The first-order valence-corrected chi connectivity index (χ1v) is 16.8. The molecule has 4 unspecified atom stereocenters. The summed E-state index contributed by atoms with van der Waals surface area (Å²) in [5, 5.41) is 20.2. The van der Waals surface area contributed by atoms with Crippen LogP contribution in [0.15, 0.2) is 24.3 Å². The van der Waals surface area contributed by atoms with Crippen LogP contribution in [-0.2, 0) is 19.1 Å². The number of primary amides is 1. The fourth-order valence-electron chi connectivity index (χ4n) is 5.03. The Morgan fingerprint density at radius 1 is 0.915 bits per heavy atom. The summed E-state index contributed by atoms with van der Waals surface area (Å²) in [5.41, 5.74) is 4.87. The summed E-state index contributed by atoms with van der Waals surface area (Å²) < 4.78 is 16.5. The van der Waals surface area contributed by atoms with Gasteiger partial charge in [0.05, 0.1) is 24.3 Å². The number of unbranched alkanes of at least 4 members (excludes halogenated alkanes) is 1. The van der Waals surface area contributed by atoms with E-state index in [1.165, 1.54) is 0 Å². The van der Waals surface area contributed by atoms with Crippen molar-refractivity contribution in [2.24, 2.45) is 29.4 Å². The van der Waals surface area contributed by atoms with Crippen molar-refractivity contribution >= 4 is 23.8 Å². The molecule has 0 bridgehead atoms. The van der Waals surface area contributed by atoms with Crippen LogP contribution in [0.25, 0.3) is 0 Å². The van der Waals surface area contributed by atoms with Gasteiger partial charge in [-0.15, -0.1) is 0 Å². The van der Waals surface area contributed by atoms with Crippen molar-refractivity contribution in [1.29, 1.82) is 0 Å². The predicted molar refractivity (Wildman–Crippen MR) is 182 cm³/mol. The van der Waals surface area contributed by atoms with E-state index in [9.17, 15) is 24.3 Å². The van der Waals surface area contributed by atoms with E-state index in [4.69, 9.17) is 19.9 Å². The maximum Gasteiger partial charge on any atom is 0.407 e. The average Bonchev–Trinajstić information content (AvgIpc) is 2.97. The second-order valence-corrected chi connectivity index (χ2v) is 13.8. The van der Waals surface area contributed by atoms with Gasteiger partial charge in [-0.3, -0.25) is 14.4 Å². The van der Waals surface area contributed by atoms with Gasteiger partial charge >= 0.3 is 6.09 Å². The molecule has 0 saturated carbocycles. The summed E-state index contributed by atoms with van der Waals surface area (Å²) in [6.45, 7) is 14.8. The van der Waals surface area contributed by atoms with Gasteiger partial charge in [-0.05, 0) is 82.8 Å². The van der Waals surface area contributed by atoms with E-state index in [0.717, 1.165) is 12.8 Å². The molecule has 0 aromatic heterocycles. The molecule has 47 heavy (non-hydrogen) atoms. The SMILES string of the molecule is COCCCCOc1ccccc1C(=O)NCC(CC(NC(=O)OC(C)(C)C)C(O)CC(C(=O)NCCCC(N)=O)C(C)C)C(C)C. The lowest BCUT2D eigenvalue weighted by atomic mass is 9.82. The number of amides is 4. The van der Waals surface area contributed by atoms with Crippen LogP contribution in [0.2, 0.25) is 0 Å². The van der Waals surface area contributed by atoms with Gasteiger partial charge in [-0.1, -0.05) is 39.8 Å². The molecule has 0 saturated heterocycles. The number of aliphatic hydroxyl groups is 1. The number of carbonyl (C=O) groups excluding carboxylic acids is 4. The van der Waals surface area contributed by atoms with Gasteiger partial charge in [-0.2, -0.15) is 0 Å². The number of benzene rings is 1. The van der Waals surface area contributed by atoms with Crippen LogP contribution in [0.3, 0.4) is 0 Å². The van der Waals surface area contributed by atoms with Crippen molar-refractivity contribution in [3.63, 3.8) is 0 Å². The fourth-order valence-corrected chi connectivity index (χ4v) is 5.03. The number of alkyl carbamates (subject to hydrolysis) is 1. The number of methoxy groups -OCH3 is 1. The quantitative estimate of drug-likeness (QED) is 0.115. The Labute approximate surface area is 281 Å². The number of ether oxygens (including phenoxy) is 3. The summed E-state index contributed by atoms with van der Waals surface area (Å²) in [7, 11) is 1.65. The largest absolute Gasteiger partial charge is 0.493 e. The van der Waals surface area contributed by atoms with E-state index in [2.05, 4.69) is 16.0 Å². The molecular weight excluding hydrogens is 604 g/mol. The Kier molecular flexibility index (Phi) is 19.0. The Morgan fingerprint density at radius 2 is 1.57 bits per heavy atom. The normalized spacial score (nSPS) is 14.2. The maximum atomic E-state index is 13.3. The van der Waals surface area contributed by atoms with Gasteiger partial charge in [0.15, 0.2) is 0 Å². The third-order valence-electron chi connectivity index (χ3n) is 7.86. The standard InChI is InChI=1S/C35H60N4O8/c1-23(2)25(22-38-32(42)26-14-9-10-15-30(26)46-19-12-11-18-45-8)20-28(39-34(44)47-35(5,6)7)29(40)21-27(24(3)4)33(43)37-17-13-16-31(36)41/h9-10,14-15,23-25,27-29,40H,11-13,16-22H2,1-8H3,(H2,36,41)(H,37,43)(H,38,42)(H,39,44). The zero-order chi connectivity index (χ0) is 35.6. The molecule has 12 nitrogen and oxygen atoms in total. The highest BCUT2D eigenvalue weighted by atomic mass is 16.6. The highest BCUT2D eigenvalue weighted by Crippen LogP contribution is 2.25. The molecule has 4 atom stereocenters. The number of nitrogens with two attached hydrogens (primary N) is 1. The topological polar surface area (TPSA) is 178 Å². The van der Waals surface area contributed by atoms with Crippen LogP contribution >= 0.6 is 0 Å². The molecular formula is C35H60N4O8. The van der Waals surface area contributed by atoms with Gasteiger partial charge < -0.3 is 41.0 Å². The minimum absolute atomic E-state index is 0.0761. The number of aliphatic hydroxyl groups excluding tert-OH is 1. The number of carbonyl (C=O) groups is 4. The molecule has 268 valence electrons. The molecule has 0 aliphatic carbocycles. The van der Waals surface area contributed by atoms with Gasteiger partial charge in [-0.25, -0.2) is 4.79 Å². The van der Waals surface area contributed by atoms with Crippen LogP contribution < -0.4 is 26.4 Å². The number of hydrogen-bond donors (Lipinski definition) is 5. The zero-order valence-corrected chi connectivity index (χ0v) is 29.7. The van der Waals surface area contributed by atoms with E-state index in [0.29, 0.717) is 37.4 Å². The first-order chi connectivity index (χ1) is 22.0. The maximum absolute atomic E-state index is 13.3. The lowest BCUT2D eigenvalue weighted by Gasteiger charge is -2.33. The van der Waals surface area contributed by atoms with Crippen molar-refractivity contribution in [2.45, 2.75) is 105 Å². The fraction of sp³-hybridized carbons (Fsp3) is 0.714. The Morgan fingerprint density at radius 3 is 2.17 bits per heavy atom. The van der Waals surface area contributed by atoms with Gasteiger partial charge in [0.1, 0.15) is 11.4 Å².